The molecule has 0 radical (unpaired) electrons. The molecule has 0 atom stereocenters. The SMILES string of the molecule is CN=C(NCCc1ccccc1Cl)NCc1ccc(OC(C)C)nc1. The highest BCUT2D eigenvalue weighted by Crippen LogP contribution is 2.14. The summed E-state index contributed by atoms with van der Waals surface area (Å²) in [6, 6.07) is 11.7. The molecule has 0 bridgehead atoms. The summed E-state index contributed by atoms with van der Waals surface area (Å²) in [6.07, 6.45) is 2.77. The van der Waals surface area contributed by atoms with E-state index in [2.05, 4.69) is 20.6 Å². The van der Waals surface area contributed by atoms with Crippen molar-refractivity contribution in [1.82, 2.24) is 15.6 Å². The lowest BCUT2D eigenvalue weighted by Crippen LogP contribution is -2.37. The lowest BCUT2D eigenvalue weighted by molar-refractivity contribution is 0.232. The molecule has 0 saturated heterocycles. The number of nitrogens with one attached hydrogen (secondary N) is 2. The molecule has 1 aromatic carbocycles. The molecule has 0 aliphatic rings. The number of pyridine rings is 1. The largest absolute Gasteiger partial charge is 0.475 e. The Bertz CT molecular complexity index is 686. The number of nitrogens with zero attached hydrogens (tertiary/aromatic N) is 2. The predicted molar refractivity (Wildman–Crippen MR) is 103 cm³/mol. The van der Waals surface area contributed by atoms with Gasteiger partial charge in [-0.05, 0) is 37.5 Å². The van der Waals surface area contributed by atoms with E-state index in [1.807, 2.05) is 56.4 Å². The van der Waals surface area contributed by atoms with Crippen LogP contribution in [0.25, 0.3) is 0 Å². The highest BCUT2D eigenvalue weighted by molar-refractivity contribution is 6.31. The molecule has 134 valence electrons. The Balaban J connectivity index is 1.77. The minimum absolute atomic E-state index is 0.123. The maximum Gasteiger partial charge on any atom is 0.213 e. The van der Waals surface area contributed by atoms with Crippen LogP contribution in [0.4, 0.5) is 0 Å². The highest BCUT2D eigenvalue weighted by atomic mass is 35.5. The van der Waals surface area contributed by atoms with E-state index in [1.165, 1.54) is 0 Å². The molecular weight excluding hydrogens is 336 g/mol. The monoisotopic (exact) mass is 360 g/mol. The highest BCUT2D eigenvalue weighted by Gasteiger charge is 2.03. The van der Waals surface area contributed by atoms with Crippen molar-refractivity contribution in [3.05, 3.63) is 58.7 Å². The fraction of sp³-hybridized carbons (Fsp3) is 0.368. The lowest BCUT2D eigenvalue weighted by Gasteiger charge is -2.13. The van der Waals surface area contributed by atoms with Gasteiger partial charge in [0.2, 0.25) is 5.88 Å². The summed E-state index contributed by atoms with van der Waals surface area (Å²) < 4.78 is 5.54. The fourth-order valence-electron chi connectivity index (χ4n) is 2.25. The number of halogens is 1. The minimum atomic E-state index is 0.123. The van der Waals surface area contributed by atoms with Crippen LogP contribution in [-0.4, -0.2) is 30.6 Å². The fourth-order valence-corrected chi connectivity index (χ4v) is 2.48. The van der Waals surface area contributed by atoms with Gasteiger partial charge >= 0.3 is 0 Å². The maximum atomic E-state index is 6.17. The molecule has 2 rings (SSSR count). The summed E-state index contributed by atoms with van der Waals surface area (Å²) >= 11 is 6.17. The average Bonchev–Trinajstić information content (AvgIpc) is 2.60. The first-order chi connectivity index (χ1) is 12.1. The zero-order valence-corrected chi connectivity index (χ0v) is 15.7. The molecular formula is C19H25ClN4O. The summed E-state index contributed by atoms with van der Waals surface area (Å²) in [5.74, 6) is 1.38. The van der Waals surface area contributed by atoms with E-state index >= 15 is 0 Å². The van der Waals surface area contributed by atoms with Gasteiger partial charge in [0.1, 0.15) is 0 Å². The zero-order chi connectivity index (χ0) is 18.1. The summed E-state index contributed by atoms with van der Waals surface area (Å²) in [4.78, 5) is 8.53. The van der Waals surface area contributed by atoms with E-state index in [4.69, 9.17) is 16.3 Å². The van der Waals surface area contributed by atoms with Crippen LogP contribution in [0.15, 0.2) is 47.6 Å². The van der Waals surface area contributed by atoms with Gasteiger partial charge in [-0.15, -0.1) is 0 Å². The normalized spacial score (nSPS) is 11.5. The number of benzene rings is 1. The van der Waals surface area contributed by atoms with E-state index < -0.39 is 0 Å². The van der Waals surface area contributed by atoms with Gasteiger partial charge in [-0.1, -0.05) is 35.9 Å². The Hall–Kier alpha value is -2.27. The molecule has 0 aliphatic heterocycles. The van der Waals surface area contributed by atoms with Gasteiger partial charge in [0.25, 0.3) is 0 Å². The van der Waals surface area contributed by atoms with E-state index in [9.17, 15) is 0 Å². The first kappa shape index (κ1) is 19.1. The van der Waals surface area contributed by atoms with Crippen molar-refractivity contribution in [2.24, 2.45) is 4.99 Å². The second-order valence-corrected chi connectivity index (χ2v) is 6.27. The number of ether oxygens (including phenoxy) is 1. The van der Waals surface area contributed by atoms with Crippen LogP contribution in [0.5, 0.6) is 5.88 Å². The maximum absolute atomic E-state index is 6.17. The van der Waals surface area contributed by atoms with Gasteiger partial charge in [-0.2, -0.15) is 0 Å². The molecule has 0 saturated carbocycles. The van der Waals surface area contributed by atoms with Crippen LogP contribution in [0, 0.1) is 0 Å². The van der Waals surface area contributed by atoms with Crippen LogP contribution in [0.1, 0.15) is 25.0 Å². The summed E-state index contributed by atoms with van der Waals surface area (Å²) in [7, 11) is 1.75. The average molecular weight is 361 g/mol. The Morgan fingerprint density at radius 1 is 1.20 bits per heavy atom. The van der Waals surface area contributed by atoms with Gasteiger partial charge in [0.05, 0.1) is 6.10 Å². The summed E-state index contributed by atoms with van der Waals surface area (Å²) in [5.41, 5.74) is 2.18. The molecule has 0 amide bonds. The minimum Gasteiger partial charge on any atom is -0.475 e. The molecule has 2 aromatic rings. The smallest absolute Gasteiger partial charge is 0.213 e. The Morgan fingerprint density at radius 2 is 2.00 bits per heavy atom. The van der Waals surface area contributed by atoms with Gasteiger partial charge in [0, 0.05) is 37.4 Å². The van der Waals surface area contributed by atoms with E-state index in [0.29, 0.717) is 12.4 Å². The number of hydrogen-bond donors (Lipinski definition) is 2. The standard InChI is InChI=1S/C19H25ClN4O/c1-14(2)25-18-9-8-15(12-23-18)13-24-19(21-3)22-11-10-16-6-4-5-7-17(16)20/h4-9,12,14H,10-11,13H2,1-3H3,(H2,21,22,24). The Kier molecular flexibility index (Phi) is 7.54. The number of aliphatic imine (C=N–C) groups is 1. The third-order valence-corrected chi connectivity index (χ3v) is 3.85. The number of rotatable bonds is 7. The number of hydrogen-bond acceptors (Lipinski definition) is 3. The molecule has 0 fully saturated rings. The third-order valence-electron chi connectivity index (χ3n) is 3.48. The Morgan fingerprint density at radius 3 is 2.64 bits per heavy atom. The van der Waals surface area contributed by atoms with Gasteiger partial charge in [0.15, 0.2) is 5.96 Å². The van der Waals surface area contributed by atoms with Crippen molar-refractivity contribution < 1.29 is 4.74 Å². The first-order valence-electron chi connectivity index (χ1n) is 8.38. The van der Waals surface area contributed by atoms with Crippen LogP contribution < -0.4 is 15.4 Å². The predicted octanol–water partition coefficient (Wildman–Crippen LogP) is 3.43. The van der Waals surface area contributed by atoms with Crippen molar-refractivity contribution in [2.45, 2.75) is 32.9 Å². The summed E-state index contributed by atoms with van der Waals surface area (Å²) in [6.45, 7) is 5.36. The number of aromatic nitrogens is 1. The summed E-state index contributed by atoms with van der Waals surface area (Å²) in [5, 5.41) is 7.35. The second-order valence-electron chi connectivity index (χ2n) is 5.87. The van der Waals surface area contributed by atoms with Crippen molar-refractivity contribution in [2.75, 3.05) is 13.6 Å². The second kappa shape index (κ2) is 9.89. The molecule has 0 spiro atoms. The zero-order valence-electron chi connectivity index (χ0n) is 14.9. The third kappa shape index (κ3) is 6.63. The van der Waals surface area contributed by atoms with Crippen LogP contribution >= 0.6 is 11.6 Å². The number of guanidine groups is 1. The lowest BCUT2D eigenvalue weighted by atomic mass is 10.1. The van der Waals surface area contributed by atoms with Crippen LogP contribution in [0.3, 0.4) is 0 Å². The van der Waals surface area contributed by atoms with Crippen LogP contribution in [0.2, 0.25) is 5.02 Å². The first-order valence-corrected chi connectivity index (χ1v) is 8.76. The van der Waals surface area contributed by atoms with E-state index in [0.717, 1.165) is 35.1 Å². The molecule has 25 heavy (non-hydrogen) atoms. The molecule has 1 aromatic heterocycles. The van der Waals surface area contributed by atoms with Crippen molar-refractivity contribution in [1.29, 1.82) is 0 Å². The quantitative estimate of drug-likeness (QED) is 0.586. The van der Waals surface area contributed by atoms with Crippen molar-refractivity contribution in [3.63, 3.8) is 0 Å². The van der Waals surface area contributed by atoms with Crippen molar-refractivity contribution in [3.8, 4) is 5.88 Å². The van der Waals surface area contributed by atoms with E-state index in [-0.39, 0.29) is 6.10 Å². The molecule has 0 aliphatic carbocycles. The van der Waals surface area contributed by atoms with Crippen molar-refractivity contribution >= 4 is 17.6 Å². The molecule has 5 nitrogen and oxygen atoms in total. The molecule has 0 unspecified atom stereocenters. The molecule has 2 N–H and O–H groups in total. The van der Waals surface area contributed by atoms with Gasteiger partial charge in [-0.25, -0.2) is 4.98 Å². The Labute approximate surface area is 154 Å². The van der Waals surface area contributed by atoms with Crippen LogP contribution in [-0.2, 0) is 13.0 Å². The van der Waals surface area contributed by atoms with Gasteiger partial charge < -0.3 is 15.4 Å². The molecule has 6 heteroatoms. The molecule has 1 heterocycles. The van der Waals surface area contributed by atoms with Gasteiger partial charge in [-0.3, -0.25) is 4.99 Å². The topological polar surface area (TPSA) is 58.5 Å². The van der Waals surface area contributed by atoms with E-state index in [1.54, 1.807) is 7.05 Å².